The van der Waals surface area contributed by atoms with Crippen LogP contribution in [0.5, 0.6) is 0 Å². The lowest BCUT2D eigenvalue weighted by atomic mass is 10.1. The van der Waals surface area contributed by atoms with Crippen molar-refractivity contribution in [3.8, 4) is 0 Å². The number of nitrogens with one attached hydrogen (secondary N) is 1. The highest BCUT2D eigenvalue weighted by Crippen LogP contribution is 2.23. The minimum Gasteiger partial charge on any atom is -0.378 e. The molecule has 0 aliphatic carbocycles. The molecular weight excluding hydrogens is 299 g/mol. The van der Waals surface area contributed by atoms with Gasteiger partial charge < -0.3 is 10.2 Å². The van der Waals surface area contributed by atoms with Gasteiger partial charge in [0.1, 0.15) is 11.6 Å². The lowest BCUT2D eigenvalue weighted by Gasteiger charge is -2.08. The molecule has 0 saturated carbocycles. The number of halogens is 2. The van der Waals surface area contributed by atoms with Crippen molar-refractivity contribution in [3.05, 3.63) is 51.4 Å². The number of hydrogen-bond acceptors (Lipinski definition) is 5. The van der Waals surface area contributed by atoms with Gasteiger partial charge in [-0.05, 0) is 17.7 Å². The SMILES string of the molecule is COCc1cc(NN)nc(Cc2ccc(Cl)cc2Cl)n1. The number of ether oxygens (including phenoxy) is 1. The van der Waals surface area contributed by atoms with Gasteiger partial charge in [-0.15, -0.1) is 0 Å². The number of nitrogens with zero attached hydrogens (tertiary/aromatic N) is 2. The number of nitrogens with two attached hydrogens (primary N) is 1. The van der Waals surface area contributed by atoms with E-state index in [4.69, 9.17) is 33.8 Å². The first kappa shape index (κ1) is 15.0. The first-order chi connectivity index (χ1) is 9.62. The molecule has 1 heterocycles. The van der Waals surface area contributed by atoms with Crippen molar-refractivity contribution in [2.45, 2.75) is 13.0 Å². The van der Waals surface area contributed by atoms with Crippen LogP contribution in [0.3, 0.4) is 0 Å². The number of hydrazine groups is 1. The molecule has 20 heavy (non-hydrogen) atoms. The van der Waals surface area contributed by atoms with Crippen LogP contribution < -0.4 is 11.3 Å². The molecule has 3 N–H and O–H groups in total. The fourth-order valence-electron chi connectivity index (χ4n) is 1.76. The molecular formula is C13H14Cl2N4O. The number of rotatable bonds is 5. The summed E-state index contributed by atoms with van der Waals surface area (Å²) in [7, 11) is 1.60. The van der Waals surface area contributed by atoms with Crippen LogP contribution in [0.1, 0.15) is 17.1 Å². The third-order valence-electron chi connectivity index (χ3n) is 2.63. The van der Waals surface area contributed by atoms with E-state index in [9.17, 15) is 0 Å². The second kappa shape index (κ2) is 6.85. The molecule has 5 nitrogen and oxygen atoms in total. The Morgan fingerprint density at radius 1 is 1.25 bits per heavy atom. The maximum absolute atomic E-state index is 6.15. The van der Waals surface area contributed by atoms with E-state index < -0.39 is 0 Å². The van der Waals surface area contributed by atoms with Crippen molar-refractivity contribution in [1.29, 1.82) is 0 Å². The third kappa shape index (κ3) is 3.80. The standard InChI is InChI=1S/C13H14Cl2N4O/c1-20-7-10-6-13(19-16)18-12(17-10)4-8-2-3-9(14)5-11(8)15/h2-3,5-6H,4,7,16H2,1H3,(H,17,18,19). The predicted molar refractivity (Wildman–Crippen MR) is 79.8 cm³/mol. The quantitative estimate of drug-likeness (QED) is 0.656. The molecule has 0 unspecified atom stereocenters. The van der Waals surface area contributed by atoms with Crippen LogP contribution in [0, 0.1) is 0 Å². The monoisotopic (exact) mass is 312 g/mol. The van der Waals surface area contributed by atoms with E-state index >= 15 is 0 Å². The Morgan fingerprint density at radius 2 is 2.05 bits per heavy atom. The van der Waals surface area contributed by atoms with Crippen LogP contribution in [0.4, 0.5) is 5.82 Å². The van der Waals surface area contributed by atoms with E-state index in [1.807, 2.05) is 6.07 Å². The number of methoxy groups -OCH3 is 1. The highest BCUT2D eigenvalue weighted by Gasteiger charge is 2.08. The Morgan fingerprint density at radius 3 is 2.70 bits per heavy atom. The molecule has 0 radical (unpaired) electrons. The summed E-state index contributed by atoms with van der Waals surface area (Å²) in [6, 6.07) is 7.06. The Balaban J connectivity index is 2.29. The Kier molecular flexibility index (Phi) is 5.14. The summed E-state index contributed by atoms with van der Waals surface area (Å²) in [6.45, 7) is 0.387. The van der Waals surface area contributed by atoms with Crippen LogP contribution in [-0.2, 0) is 17.8 Å². The van der Waals surface area contributed by atoms with Gasteiger partial charge in [-0.2, -0.15) is 0 Å². The molecule has 2 aromatic rings. The van der Waals surface area contributed by atoms with Gasteiger partial charge in [0.15, 0.2) is 0 Å². The van der Waals surface area contributed by atoms with E-state index in [0.717, 1.165) is 11.3 Å². The zero-order valence-corrected chi connectivity index (χ0v) is 12.4. The highest BCUT2D eigenvalue weighted by atomic mass is 35.5. The van der Waals surface area contributed by atoms with Gasteiger partial charge in [0, 0.05) is 29.6 Å². The number of aromatic nitrogens is 2. The molecule has 0 aliphatic heterocycles. The fourth-order valence-corrected chi connectivity index (χ4v) is 2.24. The molecule has 0 saturated heterocycles. The van der Waals surface area contributed by atoms with Gasteiger partial charge in [-0.1, -0.05) is 29.3 Å². The van der Waals surface area contributed by atoms with Crippen molar-refractivity contribution >= 4 is 29.0 Å². The van der Waals surface area contributed by atoms with E-state index in [1.54, 1.807) is 25.3 Å². The summed E-state index contributed by atoms with van der Waals surface area (Å²) in [5, 5.41) is 1.18. The van der Waals surface area contributed by atoms with Crippen LogP contribution >= 0.6 is 23.2 Å². The molecule has 0 fully saturated rings. The number of anilines is 1. The zero-order valence-electron chi connectivity index (χ0n) is 10.9. The minimum atomic E-state index is 0.387. The summed E-state index contributed by atoms with van der Waals surface area (Å²) in [5.74, 6) is 6.54. The normalized spacial score (nSPS) is 10.6. The highest BCUT2D eigenvalue weighted by molar-refractivity contribution is 6.35. The van der Waals surface area contributed by atoms with E-state index in [-0.39, 0.29) is 0 Å². The summed E-state index contributed by atoms with van der Waals surface area (Å²) < 4.78 is 5.07. The molecule has 7 heteroatoms. The maximum atomic E-state index is 6.15. The molecule has 1 aromatic heterocycles. The van der Waals surface area contributed by atoms with Crippen molar-refractivity contribution in [3.63, 3.8) is 0 Å². The molecule has 0 aliphatic rings. The summed E-state index contributed by atoms with van der Waals surface area (Å²) in [4.78, 5) is 8.71. The fraction of sp³-hybridized carbons (Fsp3) is 0.231. The topological polar surface area (TPSA) is 73.1 Å². The van der Waals surface area contributed by atoms with Gasteiger partial charge in [-0.25, -0.2) is 15.8 Å². The van der Waals surface area contributed by atoms with E-state index in [0.29, 0.717) is 34.7 Å². The largest absolute Gasteiger partial charge is 0.378 e. The molecule has 1 aromatic carbocycles. The number of benzene rings is 1. The lowest BCUT2D eigenvalue weighted by molar-refractivity contribution is 0.181. The van der Waals surface area contributed by atoms with Crippen molar-refractivity contribution in [1.82, 2.24) is 9.97 Å². The average molecular weight is 313 g/mol. The smallest absolute Gasteiger partial charge is 0.144 e. The van der Waals surface area contributed by atoms with Crippen LogP contribution in [-0.4, -0.2) is 17.1 Å². The average Bonchev–Trinajstić information content (AvgIpc) is 2.42. The Bertz CT molecular complexity index is 607. The predicted octanol–water partition coefficient (Wildman–Crippen LogP) is 2.81. The van der Waals surface area contributed by atoms with Crippen molar-refractivity contribution < 1.29 is 4.74 Å². The molecule has 2 rings (SSSR count). The molecule has 0 spiro atoms. The Hall–Kier alpha value is -1.40. The van der Waals surface area contributed by atoms with Gasteiger partial charge in [0.2, 0.25) is 0 Å². The minimum absolute atomic E-state index is 0.387. The van der Waals surface area contributed by atoms with Crippen LogP contribution in [0.15, 0.2) is 24.3 Å². The Labute approximate surface area is 127 Å². The van der Waals surface area contributed by atoms with E-state index in [2.05, 4.69) is 15.4 Å². The molecule has 106 valence electrons. The van der Waals surface area contributed by atoms with Gasteiger partial charge >= 0.3 is 0 Å². The molecule has 0 bridgehead atoms. The second-order valence-electron chi connectivity index (χ2n) is 4.15. The van der Waals surface area contributed by atoms with E-state index in [1.165, 1.54) is 0 Å². The molecule has 0 amide bonds. The first-order valence-electron chi connectivity index (χ1n) is 5.88. The van der Waals surface area contributed by atoms with Gasteiger partial charge in [0.05, 0.1) is 12.3 Å². The van der Waals surface area contributed by atoms with Crippen molar-refractivity contribution in [2.24, 2.45) is 5.84 Å². The second-order valence-corrected chi connectivity index (χ2v) is 4.99. The number of hydrogen-bond donors (Lipinski definition) is 2. The zero-order chi connectivity index (χ0) is 14.5. The van der Waals surface area contributed by atoms with Crippen molar-refractivity contribution in [2.75, 3.05) is 12.5 Å². The van der Waals surface area contributed by atoms with Gasteiger partial charge in [-0.3, -0.25) is 0 Å². The van der Waals surface area contributed by atoms with Crippen LogP contribution in [0.2, 0.25) is 10.0 Å². The van der Waals surface area contributed by atoms with Crippen LogP contribution in [0.25, 0.3) is 0 Å². The first-order valence-corrected chi connectivity index (χ1v) is 6.64. The van der Waals surface area contributed by atoms with Gasteiger partial charge in [0.25, 0.3) is 0 Å². The third-order valence-corrected chi connectivity index (χ3v) is 3.22. The summed E-state index contributed by atoms with van der Waals surface area (Å²) in [6.07, 6.45) is 0.488. The summed E-state index contributed by atoms with van der Waals surface area (Å²) in [5.41, 5.74) is 4.16. The lowest BCUT2D eigenvalue weighted by Crippen LogP contribution is -2.12. The maximum Gasteiger partial charge on any atom is 0.144 e. The number of nitrogen functional groups attached to an aromatic ring is 1. The molecule has 0 atom stereocenters. The summed E-state index contributed by atoms with van der Waals surface area (Å²) >= 11 is 12.0.